The van der Waals surface area contributed by atoms with Gasteiger partial charge < -0.3 is 9.84 Å². The lowest BCUT2D eigenvalue weighted by molar-refractivity contribution is 0.0941. The summed E-state index contributed by atoms with van der Waals surface area (Å²) in [6, 6.07) is 22.7. The Morgan fingerprint density at radius 3 is 2.14 bits per heavy atom. The van der Waals surface area contributed by atoms with Crippen molar-refractivity contribution < 1.29 is 18.1 Å². The fourth-order valence-corrected chi connectivity index (χ4v) is 2.96. The summed E-state index contributed by atoms with van der Waals surface area (Å²) in [5.41, 5.74) is 2.84. The van der Waals surface area contributed by atoms with E-state index in [-0.39, 0.29) is 6.54 Å². The molecule has 4 rings (SSSR count). The Balaban J connectivity index is 1.44. The van der Waals surface area contributed by atoms with Crippen LogP contribution in [0.4, 0.5) is 8.78 Å². The zero-order chi connectivity index (χ0) is 20.2. The molecule has 144 valence electrons. The second-order valence-corrected chi connectivity index (χ2v) is 6.41. The predicted molar refractivity (Wildman–Crippen MR) is 105 cm³/mol. The smallest absolute Gasteiger partial charge is 0.257 e. The van der Waals surface area contributed by atoms with Gasteiger partial charge in [0.15, 0.2) is 5.76 Å². The molecule has 6 heteroatoms. The summed E-state index contributed by atoms with van der Waals surface area (Å²) in [6.07, 6.45) is 0. The average molecular weight is 390 g/mol. The summed E-state index contributed by atoms with van der Waals surface area (Å²) in [4.78, 5) is 12.1. The molecule has 3 aromatic carbocycles. The van der Waals surface area contributed by atoms with E-state index in [9.17, 15) is 13.6 Å². The summed E-state index contributed by atoms with van der Waals surface area (Å²) in [5.74, 6) is -2.15. The van der Waals surface area contributed by atoms with Gasteiger partial charge in [-0.1, -0.05) is 65.8 Å². The van der Waals surface area contributed by atoms with Gasteiger partial charge in [0.25, 0.3) is 5.91 Å². The lowest BCUT2D eigenvalue weighted by atomic mass is 10.0. The van der Waals surface area contributed by atoms with Crippen LogP contribution >= 0.6 is 0 Å². The molecule has 0 atom stereocenters. The first-order valence-corrected chi connectivity index (χ1v) is 8.95. The topological polar surface area (TPSA) is 55.1 Å². The van der Waals surface area contributed by atoms with Crippen molar-refractivity contribution in [1.29, 1.82) is 0 Å². The molecule has 0 saturated heterocycles. The number of hydrogen-bond acceptors (Lipinski definition) is 3. The molecule has 29 heavy (non-hydrogen) atoms. The van der Waals surface area contributed by atoms with Crippen molar-refractivity contribution in [1.82, 2.24) is 10.5 Å². The lowest BCUT2D eigenvalue weighted by Crippen LogP contribution is -2.25. The molecule has 0 unspecified atom stereocenters. The summed E-state index contributed by atoms with van der Waals surface area (Å²) >= 11 is 0. The fourth-order valence-electron chi connectivity index (χ4n) is 2.96. The maximum Gasteiger partial charge on any atom is 0.257 e. The number of carbonyl (C=O) groups is 1. The highest BCUT2D eigenvalue weighted by molar-refractivity contribution is 5.94. The van der Waals surface area contributed by atoms with Gasteiger partial charge in [-0.3, -0.25) is 4.79 Å². The molecule has 0 bridgehead atoms. The second kappa shape index (κ2) is 8.06. The lowest BCUT2D eigenvalue weighted by Gasteiger charge is -2.05. The molecule has 4 nitrogen and oxygen atoms in total. The molecule has 0 aliphatic rings. The van der Waals surface area contributed by atoms with Crippen LogP contribution in [0.3, 0.4) is 0 Å². The molecule has 0 aliphatic carbocycles. The first-order valence-electron chi connectivity index (χ1n) is 8.95. The van der Waals surface area contributed by atoms with E-state index in [1.54, 1.807) is 6.07 Å². The van der Waals surface area contributed by atoms with E-state index >= 15 is 0 Å². The number of hydrogen-bond donors (Lipinski definition) is 1. The molecule has 0 radical (unpaired) electrons. The molecule has 0 aliphatic heterocycles. The minimum absolute atomic E-state index is 0.0157. The minimum Gasteiger partial charge on any atom is -0.356 e. The van der Waals surface area contributed by atoms with Gasteiger partial charge in [-0.15, -0.1) is 0 Å². The number of rotatable bonds is 5. The van der Waals surface area contributed by atoms with Gasteiger partial charge >= 0.3 is 0 Å². The quantitative estimate of drug-likeness (QED) is 0.509. The molecular weight excluding hydrogens is 374 g/mol. The maximum atomic E-state index is 13.7. The first kappa shape index (κ1) is 18.6. The van der Waals surface area contributed by atoms with Crippen LogP contribution in [0.1, 0.15) is 16.1 Å². The summed E-state index contributed by atoms with van der Waals surface area (Å²) < 4.78 is 32.7. The fraction of sp³-hybridized carbons (Fsp3) is 0.0435. The molecular formula is C23H16F2N2O2. The zero-order valence-corrected chi connectivity index (χ0v) is 15.2. The largest absolute Gasteiger partial charge is 0.356 e. The Morgan fingerprint density at radius 1 is 0.828 bits per heavy atom. The minimum atomic E-state index is -0.915. The molecule has 1 heterocycles. The second-order valence-electron chi connectivity index (χ2n) is 6.41. The van der Waals surface area contributed by atoms with Crippen LogP contribution in [-0.2, 0) is 6.54 Å². The van der Waals surface area contributed by atoms with Gasteiger partial charge in [0, 0.05) is 11.6 Å². The normalized spacial score (nSPS) is 10.7. The number of nitrogens with zero attached hydrogens (tertiary/aromatic N) is 1. The van der Waals surface area contributed by atoms with E-state index in [4.69, 9.17) is 4.52 Å². The van der Waals surface area contributed by atoms with Gasteiger partial charge in [0.1, 0.15) is 22.9 Å². The Bertz CT molecular complexity index is 1120. The number of halogens is 2. The third-order valence-corrected chi connectivity index (χ3v) is 4.46. The highest BCUT2D eigenvalue weighted by Crippen LogP contribution is 2.25. The van der Waals surface area contributed by atoms with E-state index in [1.807, 2.05) is 54.6 Å². The van der Waals surface area contributed by atoms with E-state index in [2.05, 4.69) is 10.5 Å². The van der Waals surface area contributed by atoms with Crippen LogP contribution in [0.25, 0.3) is 22.5 Å². The molecule has 0 fully saturated rings. The van der Waals surface area contributed by atoms with Crippen molar-refractivity contribution in [3.05, 3.63) is 102 Å². The highest BCUT2D eigenvalue weighted by atomic mass is 19.1. The average Bonchev–Trinajstić information content (AvgIpc) is 3.22. The van der Waals surface area contributed by atoms with Crippen LogP contribution < -0.4 is 5.32 Å². The Kier molecular flexibility index (Phi) is 5.16. The monoisotopic (exact) mass is 390 g/mol. The Labute approximate surface area is 165 Å². The van der Waals surface area contributed by atoms with Gasteiger partial charge in [0.2, 0.25) is 0 Å². The highest BCUT2D eigenvalue weighted by Gasteiger charge is 2.17. The van der Waals surface area contributed by atoms with Gasteiger partial charge in [-0.25, -0.2) is 8.78 Å². The third kappa shape index (κ3) is 4.06. The van der Waals surface area contributed by atoms with Crippen molar-refractivity contribution in [2.75, 3.05) is 0 Å². The van der Waals surface area contributed by atoms with Crippen molar-refractivity contribution in [2.45, 2.75) is 6.54 Å². The molecule has 0 saturated carbocycles. The number of benzene rings is 3. The van der Waals surface area contributed by atoms with Crippen molar-refractivity contribution in [2.24, 2.45) is 0 Å². The van der Waals surface area contributed by atoms with Gasteiger partial charge in [0.05, 0.1) is 6.54 Å². The van der Waals surface area contributed by atoms with E-state index in [1.165, 1.54) is 6.07 Å². The van der Waals surface area contributed by atoms with Crippen LogP contribution in [0.2, 0.25) is 0 Å². The molecule has 1 aromatic heterocycles. The van der Waals surface area contributed by atoms with Crippen LogP contribution in [0.15, 0.2) is 83.4 Å². The van der Waals surface area contributed by atoms with E-state index < -0.39 is 23.1 Å². The number of carbonyl (C=O) groups excluding carboxylic acids is 1. The van der Waals surface area contributed by atoms with Crippen LogP contribution in [0, 0.1) is 11.6 Å². The van der Waals surface area contributed by atoms with Crippen molar-refractivity contribution in [3.8, 4) is 22.5 Å². The Morgan fingerprint density at radius 2 is 1.45 bits per heavy atom. The van der Waals surface area contributed by atoms with Crippen molar-refractivity contribution in [3.63, 3.8) is 0 Å². The van der Waals surface area contributed by atoms with Crippen LogP contribution in [-0.4, -0.2) is 11.1 Å². The standard InChI is InChI=1S/C23H16F2N2O2/c24-19-7-4-8-20(25)22(19)23(28)26-14-18-13-21(29-27-18)17-11-9-16(10-12-17)15-5-2-1-3-6-15/h1-13H,14H2,(H,26,28). The maximum absolute atomic E-state index is 13.7. The molecule has 0 spiro atoms. The van der Waals surface area contributed by atoms with Crippen molar-refractivity contribution >= 4 is 5.91 Å². The third-order valence-electron chi connectivity index (χ3n) is 4.46. The Hall–Kier alpha value is -3.80. The molecule has 1 N–H and O–H groups in total. The number of nitrogens with one attached hydrogen (secondary N) is 1. The van der Waals surface area contributed by atoms with Gasteiger partial charge in [-0.2, -0.15) is 0 Å². The van der Waals surface area contributed by atoms with Crippen LogP contribution in [0.5, 0.6) is 0 Å². The zero-order valence-electron chi connectivity index (χ0n) is 15.2. The summed E-state index contributed by atoms with van der Waals surface area (Å²) in [6.45, 7) is -0.0157. The summed E-state index contributed by atoms with van der Waals surface area (Å²) in [7, 11) is 0. The SMILES string of the molecule is O=C(NCc1cc(-c2ccc(-c3ccccc3)cc2)on1)c1c(F)cccc1F. The molecule has 1 amide bonds. The van der Waals surface area contributed by atoms with E-state index in [0.717, 1.165) is 28.8 Å². The van der Waals surface area contributed by atoms with E-state index in [0.29, 0.717) is 11.5 Å². The first-order chi connectivity index (χ1) is 14.1. The predicted octanol–water partition coefficient (Wildman–Crippen LogP) is 5.22. The van der Waals surface area contributed by atoms with Gasteiger partial charge in [-0.05, 0) is 23.3 Å². The molecule has 4 aromatic rings. The number of amides is 1. The summed E-state index contributed by atoms with van der Waals surface area (Å²) in [5, 5.41) is 6.36. The number of aromatic nitrogens is 1.